The van der Waals surface area contributed by atoms with Gasteiger partial charge >= 0.3 is 0 Å². The summed E-state index contributed by atoms with van der Waals surface area (Å²) in [5, 5.41) is 2.59. The van der Waals surface area contributed by atoms with Gasteiger partial charge in [0.15, 0.2) is 0 Å². The van der Waals surface area contributed by atoms with Gasteiger partial charge in [-0.2, -0.15) is 0 Å². The molecule has 0 aromatic heterocycles. The Kier molecular flexibility index (Phi) is 4.84. The molecule has 2 amide bonds. The minimum Gasteiger partial charge on any atom is -0.322 e. The molecule has 1 aliphatic heterocycles. The second-order valence-electron chi connectivity index (χ2n) is 7.23. The first kappa shape index (κ1) is 18.5. The summed E-state index contributed by atoms with van der Waals surface area (Å²) in [4.78, 5) is 28.6. The molecule has 26 heavy (non-hydrogen) atoms. The van der Waals surface area contributed by atoms with Crippen LogP contribution in [-0.4, -0.2) is 22.6 Å². The number of aryl methyl sites for hydroxylation is 2. The Morgan fingerprint density at radius 1 is 1.15 bits per heavy atom. The van der Waals surface area contributed by atoms with Crippen molar-refractivity contribution in [1.82, 2.24) is 0 Å². The average Bonchev–Trinajstić information content (AvgIpc) is 2.57. The van der Waals surface area contributed by atoms with Gasteiger partial charge in [0, 0.05) is 4.90 Å². The number of carbonyl (C=O) groups is 2. The number of fused-ring (bicyclic) bond motifs is 1. The van der Waals surface area contributed by atoms with E-state index >= 15 is 0 Å². The molecule has 1 N–H and O–H groups in total. The Labute approximate surface area is 159 Å². The van der Waals surface area contributed by atoms with Crippen molar-refractivity contribution in [3.8, 4) is 0 Å². The molecule has 0 spiro atoms. The smallest absolute Gasteiger partial charge is 0.250 e. The van der Waals surface area contributed by atoms with Crippen molar-refractivity contribution in [2.45, 2.75) is 50.3 Å². The first-order valence-corrected chi connectivity index (χ1v) is 9.58. The summed E-state index contributed by atoms with van der Waals surface area (Å²) in [5.74, 6) is -0.240. The van der Waals surface area contributed by atoms with Crippen molar-refractivity contribution in [2.75, 3.05) is 10.2 Å². The number of carbonyl (C=O) groups excluding carboxylic acids is 2. The number of nitrogens with one attached hydrogen (secondary N) is 1. The molecule has 2 aromatic carbocycles. The predicted molar refractivity (Wildman–Crippen MR) is 108 cm³/mol. The predicted octanol–water partition coefficient (Wildman–Crippen LogP) is 4.55. The molecule has 0 saturated heterocycles. The molecular weight excluding hydrogens is 344 g/mol. The SMILES string of the molecule is Cc1ccc(SC(C)C(=O)N2c3ccccc3NC(=O)C2(C)C)c(C)c1. The molecule has 1 atom stereocenters. The quantitative estimate of drug-likeness (QED) is 0.809. The Morgan fingerprint density at radius 3 is 2.54 bits per heavy atom. The van der Waals surface area contributed by atoms with Gasteiger partial charge in [0.1, 0.15) is 5.54 Å². The minimum absolute atomic E-state index is 0.0673. The average molecular weight is 369 g/mol. The lowest BCUT2D eigenvalue weighted by Crippen LogP contribution is -2.60. The lowest BCUT2D eigenvalue weighted by molar-refractivity contribution is -0.126. The highest BCUT2D eigenvalue weighted by Gasteiger charge is 2.44. The third kappa shape index (κ3) is 3.23. The van der Waals surface area contributed by atoms with Crippen LogP contribution >= 0.6 is 11.8 Å². The summed E-state index contributed by atoms with van der Waals surface area (Å²) in [6, 6.07) is 13.7. The van der Waals surface area contributed by atoms with Gasteiger partial charge in [-0.05, 0) is 58.4 Å². The van der Waals surface area contributed by atoms with Crippen LogP contribution in [0.25, 0.3) is 0 Å². The first-order valence-electron chi connectivity index (χ1n) is 8.70. The topological polar surface area (TPSA) is 49.4 Å². The molecule has 1 heterocycles. The molecular formula is C21H24N2O2S. The van der Waals surface area contributed by atoms with Crippen LogP contribution in [0.3, 0.4) is 0 Å². The highest BCUT2D eigenvalue weighted by atomic mass is 32.2. The van der Waals surface area contributed by atoms with Gasteiger partial charge in [-0.1, -0.05) is 29.8 Å². The van der Waals surface area contributed by atoms with E-state index in [-0.39, 0.29) is 17.1 Å². The zero-order valence-corrected chi connectivity index (χ0v) is 16.6. The van der Waals surface area contributed by atoms with Gasteiger partial charge in [-0.25, -0.2) is 0 Å². The van der Waals surface area contributed by atoms with Gasteiger partial charge in [-0.3, -0.25) is 14.5 Å². The third-order valence-electron chi connectivity index (χ3n) is 4.71. The van der Waals surface area contributed by atoms with Crippen molar-refractivity contribution in [3.63, 3.8) is 0 Å². The summed E-state index contributed by atoms with van der Waals surface area (Å²) >= 11 is 1.53. The van der Waals surface area contributed by atoms with Gasteiger partial charge in [0.05, 0.1) is 16.6 Å². The summed E-state index contributed by atoms with van der Waals surface area (Å²) in [6.07, 6.45) is 0. The van der Waals surface area contributed by atoms with Crippen LogP contribution < -0.4 is 10.2 Å². The maximum atomic E-state index is 13.3. The summed E-state index contributed by atoms with van der Waals surface area (Å²) in [7, 11) is 0. The number of thioether (sulfide) groups is 1. The van der Waals surface area contributed by atoms with Crippen molar-refractivity contribution in [2.24, 2.45) is 0 Å². The molecule has 0 radical (unpaired) electrons. The molecule has 1 unspecified atom stereocenters. The van der Waals surface area contributed by atoms with Crippen LogP contribution in [0.5, 0.6) is 0 Å². The Hall–Kier alpha value is -2.27. The van der Waals surface area contributed by atoms with Crippen LogP contribution in [0.1, 0.15) is 31.9 Å². The maximum Gasteiger partial charge on any atom is 0.250 e. The van der Waals surface area contributed by atoms with E-state index in [0.717, 1.165) is 16.1 Å². The first-order chi connectivity index (χ1) is 12.2. The molecule has 136 valence electrons. The molecule has 4 nitrogen and oxygen atoms in total. The number of amides is 2. The third-order valence-corrected chi connectivity index (χ3v) is 5.98. The summed E-state index contributed by atoms with van der Waals surface area (Å²) < 4.78 is 0. The van der Waals surface area contributed by atoms with Gasteiger partial charge < -0.3 is 5.32 Å². The van der Waals surface area contributed by atoms with Gasteiger partial charge in [-0.15, -0.1) is 11.8 Å². The summed E-state index contributed by atoms with van der Waals surface area (Å²) in [5.41, 5.74) is 2.84. The molecule has 0 fully saturated rings. The van der Waals surface area contributed by atoms with E-state index in [9.17, 15) is 9.59 Å². The molecule has 3 rings (SSSR count). The second-order valence-corrected chi connectivity index (χ2v) is 8.62. The van der Waals surface area contributed by atoms with Crippen LogP contribution in [0.15, 0.2) is 47.4 Å². The number of anilines is 2. The van der Waals surface area contributed by atoms with E-state index in [2.05, 4.69) is 37.4 Å². The normalized spacial score (nSPS) is 16.7. The number of nitrogens with zero attached hydrogens (tertiary/aromatic N) is 1. The monoisotopic (exact) mass is 368 g/mol. The van der Waals surface area contributed by atoms with E-state index in [0.29, 0.717) is 5.69 Å². The van der Waals surface area contributed by atoms with Crippen LogP contribution in [0.4, 0.5) is 11.4 Å². The Balaban J connectivity index is 1.93. The van der Waals surface area contributed by atoms with E-state index < -0.39 is 5.54 Å². The van der Waals surface area contributed by atoms with Crippen LogP contribution in [0.2, 0.25) is 0 Å². The molecule has 5 heteroatoms. The zero-order valence-electron chi connectivity index (χ0n) is 15.8. The number of hydrogen-bond acceptors (Lipinski definition) is 3. The maximum absolute atomic E-state index is 13.3. The van der Waals surface area contributed by atoms with Gasteiger partial charge in [0.2, 0.25) is 11.8 Å². The largest absolute Gasteiger partial charge is 0.322 e. The van der Waals surface area contributed by atoms with Crippen molar-refractivity contribution in [1.29, 1.82) is 0 Å². The van der Waals surface area contributed by atoms with Gasteiger partial charge in [0.25, 0.3) is 0 Å². The zero-order chi connectivity index (χ0) is 19.1. The fraction of sp³-hybridized carbons (Fsp3) is 0.333. The van der Waals surface area contributed by atoms with E-state index in [1.807, 2.05) is 31.2 Å². The standard InChI is InChI=1S/C21H24N2O2S/c1-13-10-11-18(14(2)12-13)26-15(3)19(24)23-17-9-7-6-8-16(17)22-20(25)21(23,4)5/h6-12,15H,1-5H3,(H,22,25). The number of rotatable bonds is 3. The van der Waals surface area contributed by atoms with E-state index in [1.165, 1.54) is 17.3 Å². The van der Waals surface area contributed by atoms with E-state index in [1.54, 1.807) is 18.7 Å². The number of hydrogen-bond donors (Lipinski definition) is 1. The molecule has 0 aliphatic carbocycles. The molecule has 1 aliphatic rings. The fourth-order valence-corrected chi connectivity index (χ4v) is 4.18. The highest BCUT2D eigenvalue weighted by molar-refractivity contribution is 8.00. The summed E-state index contributed by atoms with van der Waals surface area (Å²) in [6.45, 7) is 9.58. The highest BCUT2D eigenvalue weighted by Crippen LogP contribution is 2.39. The number of para-hydroxylation sites is 2. The number of benzene rings is 2. The Morgan fingerprint density at radius 2 is 1.85 bits per heavy atom. The van der Waals surface area contributed by atoms with Crippen molar-refractivity contribution in [3.05, 3.63) is 53.6 Å². The minimum atomic E-state index is -0.942. The second kappa shape index (κ2) is 6.80. The molecule has 0 saturated carbocycles. The van der Waals surface area contributed by atoms with Crippen LogP contribution in [0, 0.1) is 13.8 Å². The van der Waals surface area contributed by atoms with Crippen LogP contribution in [-0.2, 0) is 9.59 Å². The van der Waals surface area contributed by atoms with Crippen molar-refractivity contribution < 1.29 is 9.59 Å². The van der Waals surface area contributed by atoms with Crippen molar-refractivity contribution >= 4 is 35.0 Å². The molecule has 0 bridgehead atoms. The van der Waals surface area contributed by atoms with E-state index in [4.69, 9.17) is 0 Å². The Bertz CT molecular complexity index is 876. The molecule has 2 aromatic rings. The fourth-order valence-electron chi connectivity index (χ4n) is 3.20. The lowest BCUT2D eigenvalue weighted by Gasteiger charge is -2.43. The lowest BCUT2D eigenvalue weighted by atomic mass is 9.96.